The molecule has 76 valence electrons. The molecule has 0 heterocycles. The van der Waals surface area contributed by atoms with Crippen molar-refractivity contribution in [3.8, 4) is 0 Å². The van der Waals surface area contributed by atoms with Gasteiger partial charge in [0.25, 0.3) is 5.91 Å². The van der Waals surface area contributed by atoms with Crippen molar-refractivity contribution in [1.82, 2.24) is 0 Å². The Morgan fingerprint density at radius 3 is 2.23 bits per heavy atom. The van der Waals surface area contributed by atoms with E-state index >= 15 is 0 Å². The molecule has 5 nitrogen and oxygen atoms in total. The molecular weight excluding hydrogens is 172 g/mol. The quantitative estimate of drug-likeness (QED) is 0.658. The summed E-state index contributed by atoms with van der Waals surface area (Å²) >= 11 is 0. The number of amides is 2. The fourth-order valence-electron chi connectivity index (χ4n) is 0.961. The average Bonchev–Trinajstić information content (AvgIpc) is 1.99. The second-order valence-electron chi connectivity index (χ2n) is 3.12. The van der Waals surface area contributed by atoms with Crippen LogP contribution in [0, 0.1) is 0 Å². The van der Waals surface area contributed by atoms with Gasteiger partial charge in [-0.3, -0.25) is 4.79 Å². The van der Waals surface area contributed by atoms with Crippen LogP contribution < -0.4 is 11.5 Å². The first-order valence-corrected chi connectivity index (χ1v) is 4.20. The third-order valence-corrected chi connectivity index (χ3v) is 1.85. The summed E-state index contributed by atoms with van der Waals surface area (Å²) in [6, 6.07) is 0. The summed E-state index contributed by atoms with van der Waals surface area (Å²) in [7, 11) is 0. The Kier molecular flexibility index (Phi) is 4.23. The molecule has 0 aliphatic carbocycles. The molecule has 0 aromatic heterocycles. The van der Waals surface area contributed by atoms with E-state index in [9.17, 15) is 9.59 Å². The monoisotopic (exact) mass is 188 g/mol. The number of primary amides is 2. The van der Waals surface area contributed by atoms with Crippen molar-refractivity contribution < 1.29 is 14.3 Å². The molecule has 0 unspecified atom stereocenters. The fourth-order valence-corrected chi connectivity index (χ4v) is 0.961. The molecule has 0 aromatic carbocycles. The predicted molar refractivity (Wildman–Crippen MR) is 47.8 cm³/mol. The Balaban J connectivity index is 4.34. The van der Waals surface area contributed by atoms with E-state index in [-0.39, 0.29) is 0 Å². The molecule has 0 aliphatic rings. The van der Waals surface area contributed by atoms with Crippen molar-refractivity contribution in [3.05, 3.63) is 0 Å². The first kappa shape index (κ1) is 11.7. The van der Waals surface area contributed by atoms with Gasteiger partial charge in [-0.25, -0.2) is 4.79 Å². The van der Waals surface area contributed by atoms with Crippen molar-refractivity contribution in [2.75, 3.05) is 0 Å². The number of carbonyl (C=O) groups excluding carboxylic acids is 2. The third-order valence-electron chi connectivity index (χ3n) is 1.85. The molecule has 0 aromatic rings. The zero-order valence-corrected chi connectivity index (χ0v) is 8.00. The second kappa shape index (κ2) is 4.69. The van der Waals surface area contributed by atoms with Crippen LogP contribution in [0.3, 0.4) is 0 Å². The largest absolute Gasteiger partial charge is 0.433 e. The number of unbranched alkanes of at least 4 members (excludes halogenated alkanes) is 1. The molecule has 1 atom stereocenters. The van der Waals surface area contributed by atoms with E-state index in [4.69, 9.17) is 11.5 Å². The topological polar surface area (TPSA) is 95.4 Å². The molecule has 0 saturated carbocycles. The molecule has 0 rings (SSSR count). The zero-order valence-electron chi connectivity index (χ0n) is 8.00. The lowest BCUT2D eigenvalue weighted by Gasteiger charge is -2.24. The van der Waals surface area contributed by atoms with Gasteiger partial charge in [-0.2, -0.15) is 0 Å². The van der Waals surface area contributed by atoms with Gasteiger partial charge in [0.1, 0.15) is 0 Å². The molecule has 13 heavy (non-hydrogen) atoms. The van der Waals surface area contributed by atoms with E-state index in [2.05, 4.69) is 4.74 Å². The highest BCUT2D eigenvalue weighted by Crippen LogP contribution is 2.18. The van der Waals surface area contributed by atoms with Gasteiger partial charge in [-0.1, -0.05) is 13.3 Å². The number of rotatable bonds is 5. The van der Waals surface area contributed by atoms with Gasteiger partial charge in [0.05, 0.1) is 0 Å². The first-order chi connectivity index (χ1) is 5.92. The molecule has 0 radical (unpaired) electrons. The van der Waals surface area contributed by atoms with Crippen LogP contribution in [0.15, 0.2) is 0 Å². The Morgan fingerprint density at radius 2 is 1.92 bits per heavy atom. The summed E-state index contributed by atoms with van der Waals surface area (Å²) in [4.78, 5) is 21.4. The van der Waals surface area contributed by atoms with Crippen molar-refractivity contribution >= 4 is 12.0 Å². The van der Waals surface area contributed by atoms with Gasteiger partial charge in [-0.05, 0) is 19.8 Å². The van der Waals surface area contributed by atoms with Crippen LogP contribution in [0.1, 0.15) is 33.1 Å². The number of nitrogens with two attached hydrogens (primary N) is 2. The first-order valence-electron chi connectivity index (χ1n) is 4.20. The summed E-state index contributed by atoms with van der Waals surface area (Å²) in [5.74, 6) is -0.667. The van der Waals surface area contributed by atoms with Gasteiger partial charge < -0.3 is 16.2 Å². The van der Waals surface area contributed by atoms with Crippen LogP contribution >= 0.6 is 0 Å². The van der Waals surface area contributed by atoms with Gasteiger partial charge in [0, 0.05) is 0 Å². The zero-order chi connectivity index (χ0) is 10.5. The lowest BCUT2D eigenvalue weighted by atomic mass is 9.98. The molecular formula is C8H16N2O3. The van der Waals surface area contributed by atoms with E-state index in [1.54, 1.807) is 0 Å². The number of ether oxygens (including phenoxy) is 1. The molecule has 0 aliphatic heterocycles. The number of carbonyl (C=O) groups is 2. The summed E-state index contributed by atoms with van der Waals surface area (Å²) in [6.45, 7) is 3.43. The second-order valence-corrected chi connectivity index (χ2v) is 3.12. The van der Waals surface area contributed by atoms with Crippen LogP contribution in [-0.2, 0) is 9.53 Å². The lowest BCUT2D eigenvalue weighted by molar-refractivity contribution is -0.135. The lowest BCUT2D eigenvalue weighted by Crippen LogP contribution is -2.46. The number of hydrogen-bond acceptors (Lipinski definition) is 3. The molecule has 0 saturated heterocycles. The van der Waals surface area contributed by atoms with Crippen molar-refractivity contribution in [3.63, 3.8) is 0 Å². The normalized spacial score (nSPS) is 14.6. The van der Waals surface area contributed by atoms with E-state index in [0.29, 0.717) is 6.42 Å². The predicted octanol–water partition coefficient (Wildman–Crippen LogP) is 0.516. The van der Waals surface area contributed by atoms with Crippen LogP contribution in [0.2, 0.25) is 0 Å². The van der Waals surface area contributed by atoms with Crippen molar-refractivity contribution in [1.29, 1.82) is 0 Å². The van der Waals surface area contributed by atoms with Gasteiger partial charge in [0.15, 0.2) is 5.60 Å². The molecule has 0 bridgehead atoms. The smallest absolute Gasteiger partial charge is 0.405 e. The van der Waals surface area contributed by atoms with E-state index in [1.165, 1.54) is 6.92 Å². The van der Waals surface area contributed by atoms with E-state index in [1.807, 2.05) is 6.92 Å². The molecule has 5 heteroatoms. The maximum Gasteiger partial charge on any atom is 0.405 e. The minimum Gasteiger partial charge on any atom is -0.433 e. The molecule has 2 amide bonds. The Hall–Kier alpha value is -1.26. The van der Waals surface area contributed by atoms with E-state index in [0.717, 1.165) is 12.8 Å². The summed E-state index contributed by atoms with van der Waals surface area (Å²) < 4.78 is 4.67. The molecule has 0 spiro atoms. The van der Waals surface area contributed by atoms with Crippen molar-refractivity contribution in [2.24, 2.45) is 11.5 Å². The number of hydrogen-bond donors (Lipinski definition) is 2. The van der Waals surface area contributed by atoms with E-state index < -0.39 is 17.6 Å². The van der Waals surface area contributed by atoms with Gasteiger partial charge in [0.2, 0.25) is 0 Å². The minimum absolute atomic E-state index is 0.405. The maximum absolute atomic E-state index is 11.0. The Morgan fingerprint density at radius 1 is 1.38 bits per heavy atom. The molecule has 0 fully saturated rings. The minimum atomic E-state index is -1.26. The third kappa shape index (κ3) is 3.78. The summed E-state index contributed by atoms with van der Waals surface area (Å²) in [5, 5.41) is 0. The van der Waals surface area contributed by atoms with Crippen LogP contribution in [0.5, 0.6) is 0 Å². The highest BCUT2D eigenvalue weighted by Gasteiger charge is 2.33. The van der Waals surface area contributed by atoms with Crippen molar-refractivity contribution in [2.45, 2.75) is 38.7 Å². The van der Waals surface area contributed by atoms with Crippen LogP contribution in [0.4, 0.5) is 4.79 Å². The van der Waals surface area contributed by atoms with Gasteiger partial charge in [-0.15, -0.1) is 0 Å². The average molecular weight is 188 g/mol. The van der Waals surface area contributed by atoms with Gasteiger partial charge >= 0.3 is 6.09 Å². The highest BCUT2D eigenvalue weighted by atomic mass is 16.6. The Labute approximate surface area is 77.4 Å². The van der Waals surface area contributed by atoms with Crippen LogP contribution in [0.25, 0.3) is 0 Å². The fraction of sp³-hybridized carbons (Fsp3) is 0.750. The summed E-state index contributed by atoms with van der Waals surface area (Å²) in [5.41, 5.74) is 8.65. The highest BCUT2D eigenvalue weighted by molar-refractivity contribution is 5.85. The summed E-state index contributed by atoms with van der Waals surface area (Å²) in [6.07, 6.45) is 1.08. The standard InChI is InChI=1S/C8H16N2O3/c1-3-4-5-8(2,6(9)11)13-7(10)12/h3-5H2,1-2H3,(H2,9,11)(H2,10,12)/t8-/m1/s1. The maximum atomic E-state index is 11.0. The SMILES string of the molecule is CCCC[C@@](C)(OC(N)=O)C(N)=O. The van der Waals surface area contributed by atoms with Crippen LogP contribution in [-0.4, -0.2) is 17.6 Å². The Bertz CT molecular complexity index is 206. The molecule has 4 N–H and O–H groups in total.